The van der Waals surface area contributed by atoms with Crippen molar-refractivity contribution in [2.75, 3.05) is 13.2 Å². The Morgan fingerprint density at radius 1 is 1.12 bits per heavy atom. The van der Waals surface area contributed by atoms with Gasteiger partial charge in [-0.2, -0.15) is 13.2 Å². The van der Waals surface area contributed by atoms with Crippen molar-refractivity contribution in [2.24, 2.45) is 5.73 Å². The minimum atomic E-state index is -4.45. The maximum Gasteiger partial charge on any atom is 0.407 e. The summed E-state index contributed by atoms with van der Waals surface area (Å²) in [6.45, 7) is 0.732. The molecule has 0 aromatic heterocycles. The Hall–Kier alpha value is -1.14. The van der Waals surface area contributed by atoms with Gasteiger partial charge in [-0.05, 0) is 17.7 Å². The lowest BCUT2D eigenvalue weighted by atomic mass is 10.1. The van der Waals surface area contributed by atoms with Crippen molar-refractivity contribution in [1.82, 2.24) is 0 Å². The molecule has 0 amide bonds. The van der Waals surface area contributed by atoms with Crippen molar-refractivity contribution in [1.29, 1.82) is 0 Å². The molecule has 0 aliphatic carbocycles. The normalized spacial score (nSPS) is 16.0. The van der Waals surface area contributed by atoms with E-state index in [4.69, 9.17) is 15.2 Å². The van der Waals surface area contributed by atoms with Gasteiger partial charge < -0.3 is 15.2 Å². The Morgan fingerprint density at radius 2 is 1.71 bits per heavy atom. The predicted octanol–water partition coefficient (Wildman–Crippen LogP) is 2.44. The number of halogens is 4. The van der Waals surface area contributed by atoms with E-state index in [2.05, 4.69) is 0 Å². The van der Waals surface area contributed by atoms with Crippen molar-refractivity contribution >= 4 is 12.4 Å². The van der Waals surface area contributed by atoms with Crippen molar-refractivity contribution in [3.05, 3.63) is 23.8 Å². The zero-order valence-electron chi connectivity index (χ0n) is 8.66. The lowest BCUT2D eigenvalue weighted by Gasteiger charge is -2.21. The third-order valence-electron chi connectivity index (χ3n) is 2.28. The summed E-state index contributed by atoms with van der Waals surface area (Å²) >= 11 is 0. The molecule has 0 saturated carbocycles. The molecule has 0 unspecified atom stereocenters. The summed E-state index contributed by atoms with van der Waals surface area (Å²) in [5, 5.41) is 0. The SMILES string of the molecule is Cl.N[C@@H](c1ccc2c(c1)OCCO2)C(F)(F)F. The van der Waals surface area contributed by atoms with Crippen molar-refractivity contribution in [2.45, 2.75) is 12.2 Å². The summed E-state index contributed by atoms with van der Waals surface area (Å²) in [6.07, 6.45) is -4.45. The van der Waals surface area contributed by atoms with E-state index >= 15 is 0 Å². The van der Waals surface area contributed by atoms with Crippen LogP contribution in [0.3, 0.4) is 0 Å². The van der Waals surface area contributed by atoms with E-state index in [1.165, 1.54) is 18.2 Å². The first kappa shape index (κ1) is 13.9. The van der Waals surface area contributed by atoms with E-state index < -0.39 is 12.2 Å². The Bertz CT molecular complexity index is 398. The van der Waals surface area contributed by atoms with E-state index in [9.17, 15) is 13.2 Å². The number of nitrogens with two attached hydrogens (primary N) is 1. The van der Waals surface area contributed by atoms with Gasteiger partial charge in [0, 0.05) is 0 Å². The highest BCUT2D eigenvalue weighted by Crippen LogP contribution is 2.36. The maximum atomic E-state index is 12.4. The molecule has 96 valence electrons. The highest BCUT2D eigenvalue weighted by Gasteiger charge is 2.38. The average molecular weight is 270 g/mol. The summed E-state index contributed by atoms with van der Waals surface area (Å²) in [5.41, 5.74) is 5.05. The number of hydrogen-bond donors (Lipinski definition) is 1. The van der Waals surface area contributed by atoms with E-state index in [0.717, 1.165) is 0 Å². The molecule has 1 heterocycles. The van der Waals surface area contributed by atoms with Crippen LogP contribution in [0.5, 0.6) is 11.5 Å². The topological polar surface area (TPSA) is 44.5 Å². The molecule has 0 fully saturated rings. The Labute approximate surface area is 102 Å². The summed E-state index contributed by atoms with van der Waals surface area (Å²) < 4.78 is 47.5. The largest absolute Gasteiger partial charge is 0.486 e. The van der Waals surface area contributed by atoms with E-state index in [1.807, 2.05) is 0 Å². The molecule has 1 aromatic carbocycles. The zero-order chi connectivity index (χ0) is 11.8. The molecular formula is C10H11ClF3NO2. The second kappa shape index (κ2) is 5.01. The molecule has 3 nitrogen and oxygen atoms in total. The van der Waals surface area contributed by atoms with E-state index in [1.54, 1.807) is 0 Å². The zero-order valence-corrected chi connectivity index (χ0v) is 9.48. The number of rotatable bonds is 1. The molecule has 0 saturated heterocycles. The Balaban J connectivity index is 0.00000144. The van der Waals surface area contributed by atoms with Gasteiger partial charge in [-0.1, -0.05) is 6.07 Å². The smallest absolute Gasteiger partial charge is 0.407 e. The second-order valence-corrected chi connectivity index (χ2v) is 3.42. The number of benzene rings is 1. The van der Waals surface area contributed by atoms with Crippen LogP contribution in [0.1, 0.15) is 11.6 Å². The highest BCUT2D eigenvalue weighted by molar-refractivity contribution is 5.85. The van der Waals surface area contributed by atoms with Gasteiger partial charge in [0.2, 0.25) is 0 Å². The molecular weight excluding hydrogens is 259 g/mol. The van der Waals surface area contributed by atoms with Crippen LogP contribution < -0.4 is 15.2 Å². The van der Waals surface area contributed by atoms with Crippen LogP contribution in [0, 0.1) is 0 Å². The van der Waals surface area contributed by atoms with Gasteiger partial charge in [0.1, 0.15) is 19.3 Å². The Kier molecular flexibility index (Phi) is 4.11. The molecule has 1 atom stereocenters. The predicted molar refractivity (Wildman–Crippen MR) is 57.7 cm³/mol. The van der Waals surface area contributed by atoms with Crippen LogP contribution in [0.15, 0.2) is 18.2 Å². The minimum Gasteiger partial charge on any atom is -0.486 e. The fraction of sp³-hybridized carbons (Fsp3) is 0.400. The summed E-state index contributed by atoms with van der Waals surface area (Å²) in [7, 11) is 0. The van der Waals surface area contributed by atoms with Gasteiger partial charge in [-0.15, -0.1) is 12.4 Å². The lowest BCUT2D eigenvalue weighted by molar-refractivity contribution is -0.149. The molecule has 0 spiro atoms. The molecule has 0 bridgehead atoms. The van der Waals surface area contributed by atoms with Gasteiger partial charge in [0.25, 0.3) is 0 Å². The molecule has 17 heavy (non-hydrogen) atoms. The van der Waals surface area contributed by atoms with Gasteiger partial charge in [-0.3, -0.25) is 0 Å². The molecule has 1 aliphatic rings. The molecule has 2 N–H and O–H groups in total. The fourth-order valence-corrected chi connectivity index (χ4v) is 1.44. The monoisotopic (exact) mass is 269 g/mol. The third kappa shape index (κ3) is 2.95. The summed E-state index contributed by atoms with van der Waals surface area (Å²) in [6, 6.07) is 2.01. The van der Waals surface area contributed by atoms with Crippen molar-refractivity contribution in [3.63, 3.8) is 0 Å². The molecule has 0 radical (unpaired) electrons. The second-order valence-electron chi connectivity index (χ2n) is 3.42. The Morgan fingerprint density at radius 3 is 2.29 bits per heavy atom. The standard InChI is InChI=1S/C10H10F3NO2.ClH/c11-10(12,13)9(14)6-1-2-7-8(5-6)16-4-3-15-7;/h1-2,5,9H,3-4,14H2;1H/t9-;/m0./s1. The average Bonchev–Trinajstić information content (AvgIpc) is 2.26. The van der Waals surface area contributed by atoms with Crippen LogP contribution in [0.25, 0.3) is 0 Å². The highest BCUT2D eigenvalue weighted by atomic mass is 35.5. The molecule has 7 heteroatoms. The van der Waals surface area contributed by atoms with Crippen LogP contribution in [-0.4, -0.2) is 19.4 Å². The van der Waals surface area contributed by atoms with Crippen molar-refractivity contribution in [3.8, 4) is 11.5 Å². The van der Waals surface area contributed by atoms with Gasteiger partial charge in [-0.25, -0.2) is 0 Å². The van der Waals surface area contributed by atoms with Crippen LogP contribution in [0.4, 0.5) is 13.2 Å². The fourth-order valence-electron chi connectivity index (χ4n) is 1.44. The maximum absolute atomic E-state index is 12.4. The number of fused-ring (bicyclic) bond motifs is 1. The van der Waals surface area contributed by atoms with E-state index in [-0.39, 0.29) is 18.0 Å². The quantitative estimate of drug-likeness (QED) is 0.852. The molecule has 2 rings (SSSR count). The van der Waals surface area contributed by atoms with Crippen LogP contribution >= 0.6 is 12.4 Å². The van der Waals surface area contributed by atoms with Crippen molar-refractivity contribution < 1.29 is 22.6 Å². The van der Waals surface area contributed by atoms with Crippen LogP contribution in [-0.2, 0) is 0 Å². The summed E-state index contributed by atoms with van der Waals surface area (Å²) in [4.78, 5) is 0. The lowest BCUT2D eigenvalue weighted by Crippen LogP contribution is -2.28. The number of ether oxygens (including phenoxy) is 2. The summed E-state index contributed by atoms with van der Waals surface area (Å²) in [5.74, 6) is 0.757. The van der Waals surface area contributed by atoms with Crippen LogP contribution in [0.2, 0.25) is 0 Å². The van der Waals surface area contributed by atoms with Gasteiger partial charge >= 0.3 is 6.18 Å². The minimum absolute atomic E-state index is 0. The number of alkyl halides is 3. The third-order valence-corrected chi connectivity index (χ3v) is 2.28. The number of hydrogen-bond acceptors (Lipinski definition) is 3. The van der Waals surface area contributed by atoms with E-state index in [0.29, 0.717) is 24.7 Å². The first-order valence-electron chi connectivity index (χ1n) is 4.70. The van der Waals surface area contributed by atoms with Gasteiger partial charge in [0.15, 0.2) is 11.5 Å². The molecule has 1 aromatic rings. The van der Waals surface area contributed by atoms with Gasteiger partial charge in [0.05, 0.1) is 0 Å². The first-order valence-corrected chi connectivity index (χ1v) is 4.70. The molecule has 1 aliphatic heterocycles. The first-order chi connectivity index (χ1) is 7.48.